The van der Waals surface area contributed by atoms with E-state index in [1.54, 1.807) is 0 Å². The van der Waals surface area contributed by atoms with Crippen LogP contribution in [0.25, 0.3) is 0 Å². The molecule has 11 heavy (non-hydrogen) atoms. The maximum absolute atomic E-state index is 7.48. The van der Waals surface area contributed by atoms with E-state index < -0.39 is 0 Å². The summed E-state index contributed by atoms with van der Waals surface area (Å²) in [4.78, 5) is 2.15. The van der Waals surface area contributed by atoms with E-state index in [0.29, 0.717) is 10.6 Å². The van der Waals surface area contributed by atoms with Crippen molar-refractivity contribution in [1.29, 1.82) is 5.41 Å². The molecule has 0 bridgehead atoms. The first-order chi connectivity index (χ1) is 5.01. The molecule has 0 aromatic heterocycles. The number of rotatable bonds is 0. The lowest BCUT2D eigenvalue weighted by Gasteiger charge is -2.38. The number of nitrogens with zero attached hydrogens (tertiary/aromatic N) is 1. The molecule has 1 N–H and O–H groups in total. The van der Waals surface area contributed by atoms with Crippen molar-refractivity contribution in [2.24, 2.45) is 0 Å². The lowest BCUT2D eigenvalue weighted by atomic mass is 10.2. The second-order valence-electron chi connectivity index (χ2n) is 3.62. The second kappa shape index (κ2) is 3.05. The summed E-state index contributed by atoms with van der Waals surface area (Å²) in [5.41, 5.74) is 0. The fourth-order valence-electron chi connectivity index (χ4n) is 1.30. The van der Waals surface area contributed by atoms with E-state index >= 15 is 0 Å². The predicted molar refractivity (Wildman–Crippen MR) is 51.5 cm³/mol. The third-order valence-electron chi connectivity index (χ3n) is 1.90. The molecule has 0 unspecified atom stereocenters. The lowest BCUT2D eigenvalue weighted by molar-refractivity contribution is 0.385. The van der Waals surface area contributed by atoms with Crippen molar-refractivity contribution in [3.63, 3.8) is 0 Å². The van der Waals surface area contributed by atoms with Crippen molar-refractivity contribution in [1.82, 2.24) is 4.90 Å². The van der Waals surface area contributed by atoms with E-state index in [4.69, 9.17) is 5.41 Å². The van der Waals surface area contributed by atoms with Crippen LogP contribution in [0, 0.1) is 5.41 Å². The number of hydrogen-bond acceptors (Lipinski definition) is 2. The average Bonchev–Trinajstić information content (AvgIpc) is 1.85. The highest BCUT2D eigenvalue weighted by Gasteiger charge is 2.26. The summed E-state index contributed by atoms with van der Waals surface area (Å²) >= 11 is 2.00. The van der Waals surface area contributed by atoms with Gasteiger partial charge in [-0.05, 0) is 20.8 Å². The number of nitrogens with one attached hydrogen (secondary N) is 1. The van der Waals surface area contributed by atoms with E-state index in [-0.39, 0.29) is 0 Å². The quantitative estimate of drug-likeness (QED) is 0.445. The Morgan fingerprint density at radius 2 is 2.18 bits per heavy atom. The van der Waals surface area contributed by atoms with E-state index in [2.05, 4.69) is 18.7 Å². The Labute approximate surface area is 72.9 Å². The molecular weight excluding hydrogens is 156 g/mol. The summed E-state index contributed by atoms with van der Waals surface area (Å²) in [7, 11) is 0. The Bertz CT molecular complexity index is 165. The molecule has 0 aliphatic carbocycles. The monoisotopic (exact) mass is 172 g/mol. The first-order valence-electron chi connectivity index (χ1n) is 3.95. The molecule has 1 aliphatic rings. The Kier molecular flexibility index (Phi) is 2.47. The largest absolute Gasteiger partial charge is 0.359 e. The van der Waals surface area contributed by atoms with Gasteiger partial charge in [0.25, 0.3) is 0 Å². The summed E-state index contributed by atoms with van der Waals surface area (Å²) < 4.78 is 0.334. The van der Waals surface area contributed by atoms with Gasteiger partial charge in [-0.1, -0.05) is 0 Å². The van der Waals surface area contributed by atoms with Crippen LogP contribution in [0.2, 0.25) is 0 Å². The van der Waals surface area contributed by atoms with Crippen molar-refractivity contribution < 1.29 is 0 Å². The number of hydrogen-bond donors (Lipinski definition) is 1. The van der Waals surface area contributed by atoms with E-state index in [9.17, 15) is 0 Å². The van der Waals surface area contributed by atoms with Crippen molar-refractivity contribution >= 4 is 17.6 Å². The third-order valence-corrected chi connectivity index (χ3v) is 3.20. The SMILES string of the molecule is CC(=N)N1CCSC(C)(C)C1. The highest BCUT2D eigenvalue weighted by molar-refractivity contribution is 8.00. The zero-order valence-electron chi connectivity index (χ0n) is 7.48. The van der Waals surface area contributed by atoms with Gasteiger partial charge >= 0.3 is 0 Å². The molecule has 1 aliphatic heterocycles. The van der Waals surface area contributed by atoms with Crippen LogP contribution in [-0.2, 0) is 0 Å². The summed E-state index contributed by atoms with van der Waals surface area (Å²) in [6.45, 7) is 8.42. The highest BCUT2D eigenvalue weighted by Crippen LogP contribution is 2.29. The van der Waals surface area contributed by atoms with Crippen molar-refractivity contribution in [3.05, 3.63) is 0 Å². The van der Waals surface area contributed by atoms with Gasteiger partial charge in [0.15, 0.2) is 0 Å². The molecule has 1 fully saturated rings. The Hall–Kier alpha value is -0.180. The molecule has 0 radical (unpaired) electrons. The van der Waals surface area contributed by atoms with Crippen LogP contribution < -0.4 is 0 Å². The number of thioether (sulfide) groups is 1. The van der Waals surface area contributed by atoms with Gasteiger partial charge in [-0.3, -0.25) is 5.41 Å². The smallest absolute Gasteiger partial charge is 0.0926 e. The maximum Gasteiger partial charge on any atom is 0.0926 e. The lowest BCUT2D eigenvalue weighted by Crippen LogP contribution is -2.44. The van der Waals surface area contributed by atoms with Crippen LogP contribution in [0.4, 0.5) is 0 Å². The Morgan fingerprint density at radius 1 is 1.55 bits per heavy atom. The fourth-order valence-corrected chi connectivity index (χ4v) is 2.41. The molecule has 0 spiro atoms. The van der Waals surface area contributed by atoms with E-state index in [1.165, 1.54) is 0 Å². The van der Waals surface area contributed by atoms with Crippen LogP contribution in [0.1, 0.15) is 20.8 Å². The van der Waals surface area contributed by atoms with Crippen LogP contribution >= 0.6 is 11.8 Å². The van der Waals surface area contributed by atoms with Crippen molar-refractivity contribution in [2.45, 2.75) is 25.5 Å². The molecule has 1 rings (SSSR count). The summed E-state index contributed by atoms with van der Waals surface area (Å²) in [5.74, 6) is 1.86. The van der Waals surface area contributed by atoms with Crippen molar-refractivity contribution in [3.8, 4) is 0 Å². The Morgan fingerprint density at radius 3 is 2.55 bits per heavy atom. The molecule has 0 atom stereocenters. The van der Waals surface area contributed by atoms with Gasteiger partial charge in [-0.2, -0.15) is 11.8 Å². The fraction of sp³-hybridized carbons (Fsp3) is 0.875. The molecule has 1 heterocycles. The highest BCUT2D eigenvalue weighted by atomic mass is 32.2. The second-order valence-corrected chi connectivity index (χ2v) is 5.42. The molecule has 64 valence electrons. The van der Waals surface area contributed by atoms with Gasteiger partial charge in [-0.25, -0.2) is 0 Å². The summed E-state index contributed by atoms with van der Waals surface area (Å²) in [6.07, 6.45) is 0. The van der Waals surface area contributed by atoms with Gasteiger partial charge in [0.05, 0.1) is 5.84 Å². The van der Waals surface area contributed by atoms with Gasteiger partial charge in [0, 0.05) is 23.6 Å². The molecular formula is C8H16N2S. The summed E-state index contributed by atoms with van der Waals surface area (Å²) in [5, 5.41) is 7.48. The maximum atomic E-state index is 7.48. The minimum atomic E-state index is 0.334. The molecule has 0 saturated carbocycles. The predicted octanol–water partition coefficient (Wildman–Crippen LogP) is 1.81. The van der Waals surface area contributed by atoms with Crippen LogP contribution in [0.3, 0.4) is 0 Å². The molecule has 0 aromatic carbocycles. The topological polar surface area (TPSA) is 27.1 Å². The summed E-state index contributed by atoms with van der Waals surface area (Å²) in [6, 6.07) is 0. The van der Waals surface area contributed by atoms with Gasteiger partial charge < -0.3 is 4.90 Å². The standard InChI is InChI=1S/C8H16N2S/c1-7(9)10-4-5-11-8(2,3)6-10/h9H,4-6H2,1-3H3. The third kappa shape index (κ3) is 2.40. The molecule has 1 saturated heterocycles. The van der Waals surface area contributed by atoms with Gasteiger partial charge in [-0.15, -0.1) is 0 Å². The van der Waals surface area contributed by atoms with E-state index in [1.807, 2.05) is 18.7 Å². The molecule has 0 aromatic rings. The normalized spacial score (nSPS) is 23.4. The number of amidine groups is 1. The first kappa shape index (κ1) is 8.91. The van der Waals surface area contributed by atoms with Crippen LogP contribution in [-0.4, -0.2) is 34.3 Å². The molecule has 0 amide bonds. The average molecular weight is 172 g/mol. The Balaban J connectivity index is 2.53. The van der Waals surface area contributed by atoms with Crippen molar-refractivity contribution in [2.75, 3.05) is 18.8 Å². The van der Waals surface area contributed by atoms with Gasteiger partial charge in [0.2, 0.25) is 0 Å². The minimum absolute atomic E-state index is 0.334. The zero-order valence-corrected chi connectivity index (χ0v) is 8.29. The molecule has 3 heteroatoms. The molecule has 2 nitrogen and oxygen atoms in total. The zero-order chi connectivity index (χ0) is 8.48. The van der Waals surface area contributed by atoms with E-state index in [0.717, 1.165) is 18.8 Å². The minimum Gasteiger partial charge on any atom is -0.359 e. The van der Waals surface area contributed by atoms with Gasteiger partial charge in [0.1, 0.15) is 0 Å². The first-order valence-corrected chi connectivity index (χ1v) is 4.94. The van der Waals surface area contributed by atoms with Crippen LogP contribution in [0.15, 0.2) is 0 Å². The van der Waals surface area contributed by atoms with Crippen LogP contribution in [0.5, 0.6) is 0 Å².